The highest BCUT2D eigenvalue weighted by atomic mass is 16.5. The Balaban J connectivity index is 1.49. The van der Waals surface area contributed by atoms with Gasteiger partial charge in [0, 0.05) is 24.2 Å². The monoisotopic (exact) mass is 587 g/mol. The van der Waals surface area contributed by atoms with Gasteiger partial charge in [-0.25, -0.2) is 9.67 Å². The van der Waals surface area contributed by atoms with Gasteiger partial charge < -0.3 is 29.5 Å². The first-order valence-corrected chi connectivity index (χ1v) is 13.9. The number of aromatic nitrogens is 4. The molecule has 2 aromatic carbocycles. The molecule has 3 amide bonds. The Morgan fingerprint density at radius 1 is 1.07 bits per heavy atom. The van der Waals surface area contributed by atoms with Crippen molar-refractivity contribution in [3.8, 4) is 22.9 Å². The van der Waals surface area contributed by atoms with E-state index in [9.17, 15) is 14.4 Å². The van der Waals surface area contributed by atoms with E-state index in [-0.39, 0.29) is 37.7 Å². The summed E-state index contributed by atoms with van der Waals surface area (Å²) in [4.78, 5) is 46.0. The van der Waals surface area contributed by atoms with Gasteiger partial charge in [0.2, 0.25) is 5.91 Å². The SMILES string of the molecule is COc1ccc2cc1OCCn1nc(-c3ccccc3)nc1[C@@H](C)NC(=O)CN(C(=O)c1c(C)noc1C)CCNC2=O. The van der Waals surface area contributed by atoms with Gasteiger partial charge in [0.15, 0.2) is 17.3 Å². The van der Waals surface area contributed by atoms with Gasteiger partial charge >= 0.3 is 0 Å². The zero-order chi connectivity index (χ0) is 30.5. The molecule has 0 unspecified atom stereocenters. The number of carbonyl (C=O) groups excluding carboxylic acids is 3. The molecule has 5 rings (SSSR count). The molecule has 3 heterocycles. The van der Waals surface area contributed by atoms with E-state index in [2.05, 4.69) is 15.8 Å². The van der Waals surface area contributed by atoms with Crippen molar-refractivity contribution in [1.29, 1.82) is 0 Å². The van der Waals surface area contributed by atoms with Crippen molar-refractivity contribution >= 4 is 17.7 Å². The fourth-order valence-electron chi connectivity index (χ4n) is 4.85. The van der Waals surface area contributed by atoms with Crippen LogP contribution < -0.4 is 20.1 Å². The Morgan fingerprint density at radius 2 is 1.86 bits per heavy atom. The highest BCUT2D eigenvalue weighted by Crippen LogP contribution is 2.28. The number of nitrogens with zero attached hydrogens (tertiary/aromatic N) is 5. The number of carbonyl (C=O) groups is 3. The molecule has 13 nitrogen and oxygen atoms in total. The third-order valence-electron chi connectivity index (χ3n) is 7.02. The van der Waals surface area contributed by atoms with E-state index in [1.807, 2.05) is 30.3 Å². The first-order chi connectivity index (χ1) is 20.7. The van der Waals surface area contributed by atoms with Gasteiger partial charge in [-0.2, -0.15) is 5.10 Å². The summed E-state index contributed by atoms with van der Waals surface area (Å²) in [6, 6.07) is 13.8. The molecule has 224 valence electrons. The van der Waals surface area contributed by atoms with E-state index >= 15 is 0 Å². The lowest BCUT2D eigenvalue weighted by Crippen LogP contribution is -2.45. The second kappa shape index (κ2) is 12.8. The molecule has 2 N–H and O–H groups in total. The molecule has 2 bridgehead atoms. The minimum atomic E-state index is -0.554. The Hall–Kier alpha value is -5.20. The molecule has 2 aromatic heterocycles. The lowest BCUT2D eigenvalue weighted by atomic mass is 10.1. The number of aryl methyl sites for hydroxylation is 2. The van der Waals surface area contributed by atoms with Gasteiger partial charge in [0.05, 0.1) is 31.9 Å². The number of fused-ring (bicyclic) bond motifs is 3. The van der Waals surface area contributed by atoms with Crippen molar-refractivity contribution in [1.82, 2.24) is 35.5 Å². The highest BCUT2D eigenvalue weighted by molar-refractivity contribution is 5.98. The van der Waals surface area contributed by atoms with E-state index in [1.54, 1.807) is 43.7 Å². The number of hydrogen-bond donors (Lipinski definition) is 2. The Morgan fingerprint density at radius 3 is 2.58 bits per heavy atom. The largest absolute Gasteiger partial charge is 0.493 e. The Bertz CT molecular complexity index is 1610. The molecular weight excluding hydrogens is 554 g/mol. The number of methoxy groups -OCH3 is 1. The van der Waals surface area contributed by atoms with E-state index in [0.717, 1.165) is 5.56 Å². The summed E-state index contributed by atoms with van der Waals surface area (Å²) in [7, 11) is 1.52. The third kappa shape index (κ3) is 6.50. The zero-order valence-corrected chi connectivity index (χ0v) is 24.4. The molecule has 13 heteroatoms. The molecule has 4 aromatic rings. The number of hydrogen-bond acceptors (Lipinski definition) is 9. The lowest BCUT2D eigenvalue weighted by molar-refractivity contribution is -0.122. The Kier molecular flexibility index (Phi) is 8.69. The quantitative estimate of drug-likeness (QED) is 0.368. The summed E-state index contributed by atoms with van der Waals surface area (Å²) < 4.78 is 18.3. The number of ether oxygens (including phenoxy) is 2. The molecule has 1 aliphatic rings. The zero-order valence-electron chi connectivity index (χ0n) is 24.4. The minimum Gasteiger partial charge on any atom is -0.493 e. The third-order valence-corrected chi connectivity index (χ3v) is 7.02. The van der Waals surface area contributed by atoms with Crippen LogP contribution in [0.3, 0.4) is 0 Å². The second-order valence-electron chi connectivity index (χ2n) is 10.1. The summed E-state index contributed by atoms with van der Waals surface area (Å²) in [6.45, 7) is 5.47. The van der Waals surface area contributed by atoms with Crippen molar-refractivity contribution < 1.29 is 28.4 Å². The first kappa shape index (κ1) is 29.3. The number of amides is 3. The number of rotatable bonds is 3. The van der Waals surface area contributed by atoms with E-state index in [0.29, 0.717) is 46.7 Å². The molecule has 0 aliphatic carbocycles. The summed E-state index contributed by atoms with van der Waals surface area (Å²) in [5.74, 6) is 1.00. The lowest BCUT2D eigenvalue weighted by Gasteiger charge is -2.23. The molecular formula is C30H33N7O6. The summed E-state index contributed by atoms with van der Waals surface area (Å²) in [6.07, 6.45) is 0. The first-order valence-electron chi connectivity index (χ1n) is 13.9. The predicted molar refractivity (Wildman–Crippen MR) is 155 cm³/mol. The van der Waals surface area contributed by atoms with Crippen molar-refractivity contribution in [3.63, 3.8) is 0 Å². The summed E-state index contributed by atoms with van der Waals surface area (Å²) >= 11 is 0. The van der Waals surface area contributed by atoms with Gasteiger partial charge in [-0.3, -0.25) is 14.4 Å². The van der Waals surface area contributed by atoms with Crippen LogP contribution in [0.5, 0.6) is 11.5 Å². The molecule has 0 spiro atoms. The average Bonchev–Trinajstić information content (AvgIpc) is 3.58. The molecule has 1 atom stereocenters. The number of nitrogens with one attached hydrogen (secondary N) is 2. The maximum Gasteiger partial charge on any atom is 0.259 e. The molecule has 0 saturated heterocycles. The normalized spacial score (nSPS) is 16.4. The predicted octanol–water partition coefficient (Wildman–Crippen LogP) is 2.70. The molecule has 1 aliphatic heterocycles. The van der Waals surface area contributed by atoms with E-state index in [1.165, 1.54) is 12.0 Å². The van der Waals surface area contributed by atoms with Crippen LogP contribution in [0.2, 0.25) is 0 Å². The molecule has 43 heavy (non-hydrogen) atoms. The fraction of sp³-hybridized carbons (Fsp3) is 0.333. The van der Waals surface area contributed by atoms with Crippen LogP contribution in [-0.2, 0) is 11.3 Å². The smallest absolute Gasteiger partial charge is 0.259 e. The minimum absolute atomic E-state index is 0.0598. The molecule has 0 radical (unpaired) electrons. The van der Waals surface area contributed by atoms with Crippen LogP contribution in [0.4, 0.5) is 0 Å². The van der Waals surface area contributed by atoms with Crippen molar-refractivity contribution in [2.75, 3.05) is 33.4 Å². The van der Waals surface area contributed by atoms with Gasteiger partial charge in [-0.05, 0) is 39.0 Å². The average molecular weight is 588 g/mol. The molecule has 0 fully saturated rings. The van der Waals surface area contributed by atoms with E-state index in [4.69, 9.17) is 24.1 Å². The van der Waals surface area contributed by atoms with Crippen molar-refractivity contribution in [2.45, 2.75) is 33.4 Å². The van der Waals surface area contributed by atoms with Crippen LogP contribution in [0.1, 0.15) is 51.0 Å². The highest BCUT2D eigenvalue weighted by Gasteiger charge is 2.27. The van der Waals surface area contributed by atoms with Crippen LogP contribution in [0.25, 0.3) is 11.4 Å². The van der Waals surface area contributed by atoms with Crippen LogP contribution in [-0.4, -0.2) is 75.9 Å². The van der Waals surface area contributed by atoms with Gasteiger partial charge in [-0.1, -0.05) is 35.5 Å². The Labute approximate surface area is 248 Å². The summed E-state index contributed by atoms with van der Waals surface area (Å²) in [5, 5.41) is 14.3. The van der Waals surface area contributed by atoms with Crippen LogP contribution >= 0.6 is 0 Å². The summed E-state index contributed by atoms with van der Waals surface area (Å²) in [5.41, 5.74) is 1.86. The molecule has 0 saturated carbocycles. The second-order valence-corrected chi connectivity index (χ2v) is 10.1. The maximum atomic E-state index is 13.5. The van der Waals surface area contributed by atoms with Crippen LogP contribution in [0.15, 0.2) is 53.1 Å². The van der Waals surface area contributed by atoms with Crippen molar-refractivity contribution in [3.05, 3.63) is 76.9 Å². The maximum absolute atomic E-state index is 13.5. The number of benzene rings is 2. The van der Waals surface area contributed by atoms with Crippen molar-refractivity contribution in [2.24, 2.45) is 0 Å². The fourth-order valence-corrected chi connectivity index (χ4v) is 4.85. The van der Waals surface area contributed by atoms with Gasteiger partial charge in [-0.15, -0.1) is 0 Å². The standard InChI is InChI=1S/C30H33N7O6/c1-18-26(20(3)43-35-18)30(40)36-13-12-31-29(39)22-10-11-23(41-4)24(16-22)42-15-14-37-28(19(2)32-25(38)17-36)33-27(34-37)21-8-6-5-7-9-21/h5-11,16,19H,12-15,17H2,1-4H3,(H,31,39)(H,32,38)/t19-/m1/s1. The van der Waals surface area contributed by atoms with Gasteiger partial charge in [0.25, 0.3) is 11.8 Å². The van der Waals surface area contributed by atoms with Crippen LogP contribution in [0, 0.1) is 13.8 Å². The van der Waals surface area contributed by atoms with Gasteiger partial charge in [0.1, 0.15) is 23.8 Å². The van der Waals surface area contributed by atoms with E-state index < -0.39 is 17.9 Å². The topological polar surface area (TPSA) is 154 Å².